The summed E-state index contributed by atoms with van der Waals surface area (Å²) in [6.07, 6.45) is 6.02. The van der Waals surface area contributed by atoms with Gasteiger partial charge in [-0.05, 0) is 31.7 Å². The molecule has 156 valence electrons. The van der Waals surface area contributed by atoms with E-state index in [1.165, 1.54) is 5.69 Å². The van der Waals surface area contributed by atoms with Crippen LogP contribution >= 0.6 is 24.0 Å². The lowest BCUT2D eigenvalue weighted by Crippen LogP contribution is -2.39. The maximum absolute atomic E-state index is 5.48. The van der Waals surface area contributed by atoms with Gasteiger partial charge in [0.2, 0.25) is 0 Å². The van der Waals surface area contributed by atoms with Crippen LogP contribution in [0, 0.1) is 0 Å². The number of fused-ring (bicyclic) bond motifs is 1. The fraction of sp³-hybridized carbons (Fsp3) is 0.476. The van der Waals surface area contributed by atoms with Crippen LogP contribution in [-0.2, 0) is 6.42 Å². The molecule has 1 aromatic heterocycles. The van der Waals surface area contributed by atoms with Gasteiger partial charge in [0, 0.05) is 50.4 Å². The molecule has 0 bridgehead atoms. The molecule has 0 aliphatic heterocycles. The van der Waals surface area contributed by atoms with Crippen LogP contribution < -0.4 is 14.8 Å². The Morgan fingerprint density at radius 2 is 2.04 bits per heavy atom. The zero-order valence-electron chi connectivity index (χ0n) is 17.4. The molecule has 6 nitrogen and oxygen atoms in total. The first kappa shape index (κ1) is 24.1. The highest BCUT2D eigenvalue weighted by Crippen LogP contribution is 2.31. The lowest BCUT2D eigenvalue weighted by molar-refractivity contribution is 0.398. The molecule has 7 heteroatoms. The van der Waals surface area contributed by atoms with Gasteiger partial charge in [0.25, 0.3) is 0 Å². The molecule has 1 heterocycles. The third-order valence-corrected chi connectivity index (χ3v) is 4.57. The molecule has 0 saturated heterocycles. The molecule has 2 aromatic rings. The molecule has 2 N–H and O–H groups in total. The summed E-state index contributed by atoms with van der Waals surface area (Å²) in [4.78, 5) is 9.98. The number of halogens is 1. The Balaban J connectivity index is 0.00000392. The summed E-state index contributed by atoms with van der Waals surface area (Å²) >= 11 is 0. The Labute approximate surface area is 185 Å². The smallest absolute Gasteiger partial charge is 0.193 e. The highest BCUT2D eigenvalue weighted by atomic mass is 127. The molecule has 0 radical (unpaired) electrons. The van der Waals surface area contributed by atoms with Crippen LogP contribution in [0.3, 0.4) is 0 Å². The van der Waals surface area contributed by atoms with Crippen molar-refractivity contribution in [1.82, 2.24) is 15.2 Å². The van der Waals surface area contributed by atoms with E-state index in [2.05, 4.69) is 39.9 Å². The van der Waals surface area contributed by atoms with Gasteiger partial charge in [-0.25, -0.2) is 0 Å². The van der Waals surface area contributed by atoms with Gasteiger partial charge in [-0.1, -0.05) is 6.08 Å². The number of H-pyrrole nitrogens is 1. The molecule has 2 rings (SSSR count). The fourth-order valence-corrected chi connectivity index (χ4v) is 3.10. The Morgan fingerprint density at radius 3 is 2.68 bits per heavy atom. The fourth-order valence-electron chi connectivity index (χ4n) is 3.10. The number of aryl methyl sites for hydroxylation is 1. The van der Waals surface area contributed by atoms with E-state index >= 15 is 0 Å². The van der Waals surface area contributed by atoms with Crippen LogP contribution in [0.25, 0.3) is 10.9 Å². The number of aromatic amines is 1. The number of benzene rings is 1. The van der Waals surface area contributed by atoms with Crippen molar-refractivity contribution in [3.63, 3.8) is 0 Å². The van der Waals surface area contributed by atoms with Crippen molar-refractivity contribution in [2.45, 2.75) is 25.7 Å². The number of methoxy groups -OCH3 is 2. The van der Waals surface area contributed by atoms with Crippen LogP contribution in [0.1, 0.15) is 25.0 Å². The molecular weight excluding hydrogens is 467 g/mol. The average Bonchev–Trinajstić information content (AvgIpc) is 3.10. The number of hydrogen-bond acceptors (Lipinski definition) is 3. The van der Waals surface area contributed by atoms with E-state index in [0.29, 0.717) is 0 Å². The molecule has 0 aliphatic rings. The number of hydrogen-bond donors (Lipinski definition) is 2. The quantitative estimate of drug-likeness (QED) is 0.169. The Kier molecular flexibility index (Phi) is 10.8. The maximum atomic E-state index is 5.48. The first-order chi connectivity index (χ1) is 13.1. The van der Waals surface area contributed by atoms with Gasteiger partial charge < -0.3 is 24.7 Å². The minimum Gasteiger partial charge on any atom is -0.497 e. The normalized spacial score (nSPS) is 11.1. The van der Waals surface area contributed by atoms with Crippen molar-refractivity contribution < 1.29 is 9.47 Å². The van der Waals surface area contributed by atoms with Gasteiger partial charge in [0.1, 0.15) is 11.5 Å². The monoisotopic (exact) mass is 500 g/mol. The summed E-state index contributed by atoms with van der Waals surface area (Å²) in [5.41, 5.74) is 2.22. The molecule has 1 aromatic carbocycles. The summed E-state index contributed by atoms with van der Waals surface area (Å²) in [6, 6.07) is 6.07. The van der Waals surface area contributed by atoms with Gasteiger partial charge in [0.15, 0.2) is 5.96 Å². The van der Waals surface area contributed by atoms with Crippen LogP contribution in [0.5, 0.6) is 11.5 Å². The molecule has 0 fully saturated rings. The minimum absolute atomic E-state index is 0. The third kappa shape index (κ3) is 6.61. The molecule has 0 aliphatic carbocycles. The molecule has 0 unspecified atom stereocenters. The predicted molar refractivity (Wildman–Crippen MR) is 129 cm³/mol. The second-order valence-corrected chi connectivity index (χ2v) is 6.52. The largest absolute Gasteiger partial charge is 0.497 e. The van der Waals surface area contributed by atoms with E-state index in [0.717, 1.165) is 67.1 Å². The van der Waals surface area contributed by atoms with Crippen molar-refractivity contribution in [2.75, 3.05) is 41.4 Å². The van der Waals surface area contributed by atoms with Gasteiger partial charge in [-0.2, -0.15) is 0 Å². The summed E-state index contributed by atoms with van der Waals surface area (Å²) in [7, 11) is 7.23. The van der Waals surface area contributed by atoms with Crippen molar-refractivity contribution in [1.29, 1.82) is 0 Å². The number of aliphatic imine (C=N–C) groups is 1. The molecule has 0 atom stereocenters. The van der Waals surface area contributed by atoms with E-state index in [1.807, 2.05) is 25.3 Å². The zero-order valence-corrected chi connectivity index (χ0v) is 19.7. The van der Waals surface area contributed by atoms with E-state index < -0.39 is 0 Å². The number of unbranched alkanes of at least 4 members (excludes halogenated alkanes) is 1. The Morgan fingerprint density at radius 1 is 1.25 bits per heavy atom. The van der Waals surface area contributed by atoms with Crippen LogP contribution in [0.15, 0.2) is 35.8 Å². The van der Waals surface area contributed by atoms with Crippen molar-refractivity contribution >= 4 is 40.8 Å². The van der Waals surface area contributed by atoms with Crippen molar-refractivity contribution in [2.24, 2.45) is 4.99 Å². The predicted octanol–water partition coefficient (Wildman–Crippen LogP) is 4.21. The standard InChI is InChI=1S/C21H32N4O2.HI/c1-6-7-8-12-25(3)21(22-2)23-11-9-10-16-13-18-19(24-16)14-17(26-4)15-20(18)27-5;/h6,13-15,24H,1,7-12H2,2-5H3,(H,22,23);1H. The second-order valence-electron chi connectivity index (χ2n) is 6.52. The number of allylic oxidation sites excluding steroid dienone is 1. The van der Waals surface area contributed by atoms with Crippen LogP contribution in [-0.4, -0.2) is 57.2 Å². The highest BCUT2D eigenvalue weighted by molar-refractivity contribution is 14.0. The highest BCUT2D eigenvalue weighted by Gasteiger charge is 2.09. The molecular formula is C21H33IN4O2. The first-order valence-electron chi connectivity index (χ1n) is 9.39. The number of rotatable bonds is 10. The van der Waals surface area contributed by atoms with Gasteiger partial charge in [-0.15, -0.1) is 30.6 Å². The molecule has 0 spiro atoms. The SMILES string of the molecule is C=CCCCN(C)C(=NC)NCCCc1cc2c(OC)cc(OC)cc2[nH]1.I. The number of aromatic nitrogens is 1. The maximum Gasteiger partial charge on any atom is 0.193 e. The second kappa shape index (κ2) is 12.5. The summed E-state index contributed by atoms with van der Waals surface area (Å²) < 4.78 is 10.8. The number of ether oxygens (including phenoxy) is 2. The lowest BCUT2D eigenvalue weighted by Gasteiger charge is -2.21. The number of nitrogens with zero attached hydrogens (tertiary/aromatic N) is 2. The minimum atomic E-state index is 0. The molecule has 0 amide bonds. The average molecular weight is 500 g/mol. The van der Waals surface area contributed by atoms with Gasteiger partial charge >= 0.3 is 0 Å². The lowest BCUT2D eigenvalue weighted by atomic mass is 10.2. The van der Waals surface area contributed by atoms with Crippen molar-refractivity contribution in [3.05, 3.63) is 36.5 Å². The topological polar surface area (TPSA) is 61.9 Å². The Bertz CT molecular complexity index is 773. The number of guanidine groups is 1. The summed E-state index contributed by atoms with van der Waals surface area (Å²) in [5.74, 6) is 2.55. The third-order valence-electron chi connectivity index (χ3n) is 4.57. The summed E-state index contributed by atoms with van der Waals surface area (Å²) in [6.45, 7) is 5.60. The van der Waals surface area contributed by atoms with Gasteiger partial charge in [-0.3, -0.25) is 4.99 Å². The Hall–Kier alpha value is -1.90. The summed E-state index contributed by atoms with van der Waals surface area (Å²) in [5, 5.41) is 4.51. The molecule has 0 saturated carbocycles. The van der Waals surface area contributed by atoms with Gasteiger partial charge in [0.05, 0.1) is 19.7 Å². The van der Waals surface area contributed by atoms with Crippen LogP contribution in [0.2, 0.25) is 0 Å². The van der Waals surface area contributed by atoms with Crippen LogP contribution in [0.4, 0.5) is 0 Å². The van der Waals surface area contributed by atoms with Crippen molar-refractivity contribution in [3.8, 4) is 11.5 Å². The van der Waals surface area contributed by atoms with E-state index in [1.54, 1.807) is 14.2 Å². The first-order valence-corrected chi connectivity index (χ1v) is 9.39. The van der Waals surface area contributed by atoms with E-state index in [-0.39, 0.29) is 24.0 Å². The molecule has 28 heavy (non-hydrogen) atoms. The van der Waals surface area contributed by atoms with E-state index in [9.17, 15) is 0 Å². The van der Waals surface area contributed by atoms with E-state index in [4.69, 9.17) is 9.47 Å². The number of nitrogens with one attached hydrogen (secondary N) is 2. The zero-order chi connectivity index (χ0) is 19.6.